The molecule has 2 aromatic carbocycles. The zero-order valence-corrected chi connectivity index (χ0v) is 11.7. The largest absolute Gasteiger partial charge is 0.493 e. The molecule has 0 aliphatic rings. The van der Waals surface area contributed by atoms with Crippen LogP contribution in [0.1, 0.15) is 11.1 Å². The van der Waals surface area contributed by atoms with Crippen LogP contribution in [0.25, 0.3) is 0 Å². The summed E-state index contributed by atoms with van der Waals surface area (Å²) in [5.41, 5.74) is 7.47. The van der Waals surface area contributed by atoms with Crippen LogP contribution in [-0.4, -0.2) is 18.1 Å². The highest BCUT2D eigenvalue weighted by Gasteiger charge is 2.11. The maximum absolute atomic E-state index is 10.9. The average Bonchev–Trinajstić information content (AvgIpc) is 2.48. The van der Waals surface area contributed by atoms with Crippen molar-refractivity contribution in [3.8, 4) is 5.75 Å². The summed E-state index contributed by atoms with van der Waals surface area (Å²) in [6.45, 7) is 0.997. The Labute approximate surface area is 123 Å². The third kappa shape index (κ3) is 4.29. The van der Waals surface area contributed by atoms with E-state index in [1.54, 1.807) is 18.2 Å². The molecule has 21 heavy (non-hydrogen) atoms. The molecule has 2 N–H and O–H groups in total. The van der Waals surface area contributed by atoms with Crippen LogP contribution in [0.3, 0.4) is 0 Å². The zero-order valence-electron chi connectivity index (χ0n) is 11.7. The fourth-order valence-electron chi connectivity index (χ4n) is 2.14. The van der Waals surface area contributed by atoms with Crippen LogP contribution in [0.2, 0.25) is 0 Å². The van der Waals surface area contributed by atoms with E-state index in [0.717, 1.165) is 17.7 Å². The van der Waals surface area contributed by atoms with Crippen molar-refractivity contribution < 1.29 is 9.66 Å². The monoisotopic (exact) mass is 286 g/mol. The Hall–Kier alpha value is -2.40. The van der Waals surface area contributed by atoms with Gasteiger partial charge in [-0.25, -0.2) is 0 Å². The summed E-state index contributed by atoms with van der Waals surface area (Å²) >= 11 is 0. The third-order valence-corrected chi connectivity index (χ3v) is 3.16. The van der Waals surface area contributed by atoms with Crippen LogP contribution >= 0.6 is 0 Å². The first-order valence-corrected chi connectivity index (χ1v) is 6.85. The van der Waals surface area contributed by atoms with Crippen LogP contribution < -0.4 is 10.5 Å². The van der Waals surface area contributed by atoms with Crippen molar-refractivity contribution in [3.63, 3.8) is 0 Å². The number of rotatable bonds is 7. The Kier molecular flexibility index (Phi) is 5.29. The molecule has 2 aromatic rings. The van der Waals surface area contributed by atoms with Gasteiger partial charge in [0.05, 0.1) is 11.5 Å². The SMILES string of the molecule is NCCc1cccc(OCCc2ccccc2[N+](=O)[O-])c1. The average molecular weight is 286 g/mol. The van der Waals surface area contributed by atoms with E-state index in [2.05, 4.69) is 0 Å². The predicted molar refractivity (Wildman–Crippen MR) is 81.5 cm³/mol. The normalized spacial score (nSPS) is 10.3. The minimum absolute atomic E-state index is 0.137. The van der Waals surface area contributed by atoms with E-state index in [1.165, 1.54) is 6.07 Å². The molecular weight excluding hydrogens is 268 g/mol. The van der Waals surface area contributed by atoms with Gasteiger partial charge in [0.1, 0.15) is 5.75 Å². The lowest BCUT2D eigenvalue weighted by atomic mass is 10.1. The van der Waals surface area contributed by atoms with Crippen molar-refractivity contribution >= 4 is 5.69 Å². The van der Waals surface area contributed by atoms with Crippen molar-refractivity contribution in [2.45, 2.75) is 12.8 Å². The highest BCUT2D eigenvalue weighted by molar-refractivity contribution is 5.40. The second kappa shape index (κ2) is 7.40. The molecule has 110 valence electrons. The number of ether oxygens (including phenoxy) is 1. The molecule has 0 aliphatic heterocycles. The smallest absolute Gasteiger partial charge is 0.272 e. The van der Waals surface area contributed by atoms with E-state index < -0.39 is 0 Å². The van der Waals surface area contributed by atoms with Gasteiger partial charge in [-0.2, -0.15) is 0 Å². The molecule has 2 rings (SSSR count). The lowest BCUT2D eigenvalue weighted by molar-refractivity contribution is -0.385. The standard InChI is InChI=1S/C16H18N2O3/c17-10-8-13-4-3-6-15(12-13)21-11-9-14-5-1-2-7-16(14)18(19)20/h1-7,12H,8-11,17H2. The number of nitrogens with zero attached hydrogens (tertiary/aromatic N) is 1. The number of nitro benzene ring substituents is 1. The van der Waals surface area contributed by atoms with Crippen molar-refractivity contribution in [1.82, 2.24) is 0 Å². The fourth-order valence-corrected chi connectivity index (χ4v) is 2.14. The van der Waals surface area contributed by atoms with E-state index in [0.29, 0.717) is 25.1 Å². The second-order valence-electron chi connectivity index (χ2n) is 4.67. The highest BCUT2D eigenvalue weighted by Crippen LogP contribution is 2.19. The first kappa shape index (κ1) is 15.0. The summed E-state index contributed by atoms with van der Waals surface area (Å²) in [7, 11) is 0. The molecule has 0 aromatic heterocycles. The third-order valence-electron chi connectivity index (χ3n) is 3.16. The predicted octanol–water partition coefficient (Wildman–Crippen LogP) is 2.72. The van der Waals surface area contributed by atoms with Gasteiger partial charge in [-0.05, 0) is 30.7 Å². The summed E-state index contributed by atoms with van der Waals surface area (Å²) in [6.07, 6.45) is 1.31. The lowest BCUT2D eigenvalue weighted by Gasteiger charge is -2.08. The lowest BCUT2D eigenvalue weighted by Crippen LogP contribution is -2.05. The molecule has 0 saturated carbocycles. The molecule has 5 nitrogen and oxygen atoms in total. The van der Waals surface area contributed by atoms with E-state index in [9.17, 15) is 10.1 Å². The van der Waals surface area contributed by atoms with Gasteiger partial charge in [-0.15, -0.1) is 0 Å². The summed E-state index contributed by atoms with van der Waals surface area (Å²) in [5.74, 6) is 0.763. The van der Waals surface area contributed by atoms with E-state index in [4.69, 9.17) is 10.5 Å². The Morgan fingerprint density at radius 2 is 1.90 bits per heavy atom. The molecule has 0 fully saturated rings. The van der Waals surface area contributed by atoms with Crippen LogP contribution in [0.15, 0.2) is 48.5 Å². The Balaban J connectivity index is 1.95. The van der Waals surface area contributed by atoms with E-state index in [-0.39, 0.29) is 10.6 Å². The van der Waals surface area contributed by atoms with Crippen LogP contribution in [0.5, 0.6) is 5.75 Å². The van der Waals surface area contributed by atoms with Gasteiger partial charge in [0.15, 0.2) is 0 Å². The number of nitrogens with two attached hydrogens (primary N) is 1. The van der Waals surface area contributed by atoms with Crippen LogP contribution in [0, 0.1) is 10.1 Å². The fraction of sp³-hybridized carbons (Fsp3) is 0.250. The zero-order chi connectivity index (χ0) is 15.1. The minimum atomic E-state index is -0.364. The molecule has 0 radical (unpaired) electrons. The molecule has 5 heteroatoms. The molecule has 0 aliphatic carbocycles. The minimum Gasteiger partial charge on any atom is -0.493 e. The molecule has 0 heterocycles. The topological polar surface area (TPSA) is 78.4 Å². The van der Waals surface area contributed by atoms with Gasteiger partial charge in [0, 0.05) is 18.1 Å². The Morgan fingerprint density at radius 1 is 1.10 bits per heavy atom. The quantitative estimate of drug-likeness (QED) is 0.627. The maximum Gasteiger partial charge on any atom is 0.272 e. The van der Waals surface area contributed by atoms with E-state index in [1.807, 2.05) is 24.3 Å². The van der Waals surface area contributed by atoms with Crippen molar-refractivity contribution in [3.05, 3.63) is 69.8 Å². The molecule has 0 spiro atoms. The first-order chi connectivity index (χ1) is 10.2. The number of nitro groups is 1. The summed E-state index contributed by atoms with van der Waals surface area (Å²) in [6, 6.07) is 14.5. The number of hydrogen-bond acceptors (Lipinski definition) is 4. The van der Waals surface area contributed by atoms with Crippen LogP contribution in [0.4, 0.5) is 5.69 Å². The highest BCUT2D eigenvalue weighted by atomic mass is 16.6. The molecule has 0 unspecified atom stereocenters. The van der Waals surface area contributed by atoms with Gasteiger partial charge in [-0.3, -0.25) is 10.1 Å². The maximum atomic E-state index is 10.9. The molecular formula is C16H18N2O3. The van der Waals surface area contributed by atoms with Gasteiger partial charge >= 0.3 is 0 Å². The molecule has 0 bridgehead atoms. The summed E-state index contributed by atoms with van der Waals surface area (Å²) in [4.78, 5) is 10.6. The molecule has 0 saturated heterocycles. The van der Waals surface area contributed by atoms with Crippen molar-refractivity contribution in [2.24, 2.45) is 5.73 Å². The van der Waals surface area contributed by atoms with E-state index >= 15 is 0 Å². The Morgan fingerprint density at radius 3 is 2.67 bits per heavy atom. The van der Waals surface area contributed by atoms with Crippen molar-refractivity contribution in [2.75, 3.05) is 13.2 Å². The second-order valence-corrected chi connectivity index (χ2v) is 4.67. The van der Waals surface area contributed by atoms with Gasteiger partial charge in [0.2, 0.25) is 0 Å². The Bertz CT molecular complexity index is 614. The van der Waals surface area contributed by atoms with Crippen molar-refractivity contribution in [1.29, 1.82) is 0 Å². The number of hydrogen-bond donors (Lipinski definition) is 1. The van der Waals surface area contributed by atoms with Gasteiger partial charge in [0.25, 0.3) is 5.69 Å². The van der Waals surface area contributed by atoms with Crippen LogP contribution in [-0.2, 0) is 12.8 Å². The number of benzene rings is 2. The summed E-state index contributed by atoms with van der Waals surface area (Å²) in [5, 5.41) is 10.9. The first-order valence-electron chi connectivity index (χ1n) is 6.85. The molecule has 0 atom stereocenters. The van der Waals surface area contributed by atoms with Gasteiger partial charge in [-0.1, -0.05) is 30.3 Å². The number of para-hydroxylation sites is 1. The molecule has 0 amide bonds. The van der Waals surface area contributed by atoms with Gasteiger partial charge < -0.3 is 10.5 Å². The summed E-state index contributed by atoms with van der Waals surface area (Å²) < 4.78 is 5.67.